The number of morpholine rings is 1. The Bertz CT molecular complexity index is 953. The maximum atomic E-state index is 12.9. The lowest BCUT2D eigenvalue weighted by Gasteiger charge is -2.33. The van der Waals surface area contributed by atoms with Crippen LogP contribution in [0, 0.1) is 0 Å². The summed E-state index contributed by atoms with van der Waals surface area (Å²) >= 11 is 0. The van der Waals surface area contributed by atoms with E-state index < -0.39 is 0 Å². The van der Waals surface area contributed by atoms with Gasteiger partial charge < -0.3 is 24.8 Å². The molecule has 1 amide bonds. The Hall–Kier alpha value is -2.94. The van der Waals surface area contributed by atoms with Crippen molar-refractivity contribution in [2.75, 3.05) is 55.5 Å². The number of ether oxygens (including phenoxy) is 1. The minimum Gasteiger partial charge on any atom is -0.378 e. The highest BCUT2D eigenvalue weighted by Gasteiger charge is 2.41. The first kappa shape index (κ1) is 20.9. The predicted octanol–water partition coefficient (Wildman–Crippen LogP) is 2.21. The van der Waals surface area contributed by atoms with Crippen molar-refractivity contribution >= 4 is 29.2 Å². The lowest BCUT2D eigenvalue weighted by molar-refractivity contribution is -0.130. The van der Waals surface area contributed by atoms with E-state index in [2.05, 4.69) is 31.2 Å². The number of rotatable bonds is 5. The molecular formula is C23H31N7O2. The Morgan fingerprint density at radius 1 is 1.12 bits per heavy atom. The topological polar surface area (TPSA) is 86.7 Å². The molecular weight excluding hydrogens is 406 g/mol. The molecule has 1 N–H and O–H groups in total. The second-order valence-electron chi connectivity index (χ2n) is 8.97. The van der Waals surface area contributed by atoms with E-state index in [1.807, 2.05) is 32.6 Å². The van der Waals surface area contributed by atoms with Crippen molar-refractivity contribution in [3.8, 4) is 0 Å². The molecule has 2 aromatic rings. The number of carbonyl (C=O) groups excluding carboxylic acids is 1. The van der Waals surface area contributed by atoms with Gasteiger partial charge in [-0.25, -0.2) is 9.97 Å². The fourth-order valence-electron chi connectivity index (χ4n) is 4.98. The summed E-state index contributed by atoms with van der Waals surface area (Å²) in [5.41, 5.74) is 2.13. The van der Waals surface area contributed by atoms with Gasteiger partial charge in [0.15, 0.2) is 0 Å². The molecule has 1 atom stereocenters. The van der Waals surface area contributed by atoms with Crippen molar-refractivity contribution in [2.24, 2.45) is 0 Å². The van der Waals surface area contributed by atoms with E-state index in [1.54, 1.807) is 4.90 Å². The Morgan fingerprint density at radius 2 is 1.91 bits per heavy atom. The Balaban J connectivity index is 1.36. The van der Waals surface area contributed by atoms with Crippen LogP contribution in [0.15, 0.2) is 24.5 Å². The summed E-state index contributed by atoms with van der Waals surface area (Å²) in [7, 11) is 3.64. The largest absolute Gasteiger partial charge is 0.378 e. The van der Waals surface area contributed by atoms with Crippen molar-refractivity contribution in [3.63, 3.8) is 0 Å². The van der Waals surface area contributed by atoms with Gasteiger partial charge >= 0.3 is 0 Å². The van der Waals surface area contributed by atoms with Crippen molar-refractivity contribution in [1.29, 1.82) is 0 Å². The van der Waals surface area contributed by atoms with Crippen LogP contribution in [0.25, 0.3) is 0 Å². The van der Waals surface area contributed by atoms with Gasteiger partial charge in [0.05, 0.1) is 25.1 Å². The van der Waals surface area contributed by atoms with E-state index >= 15 is 0 Å². The van der Waals surface area contributed by atoms with E-state index in [9.17, 15) is 4.79 Å². The standard InChI is InChI=1S/C23H31N7O2/c1-28(2)22(31)19-13-16-14-25-23(27-21(16)30(19)17-5-3-4-6-17)26-20-8-7-18(15-24-20)29-9-11-32-12-10-29/h7-8,14-15,17,19H,3-6,9-13H2,1-2H3,(H,24,25,26,27). The smallest absolute Gasteiger partial charge is 0.245 e. The number of hydrogen-bond donors (Lipinski definition) is 1. The van der Waals surface area contributed by atoms with Crippen molar-refractivity contribution in [2.45, 2.75) is 44.2 Å². The van der Waals surface area contributed by atoms with Gasteiger partial charge in [0.2, 0.25) is 11.9 Å². The number of pyridine rings is 1. The Kier molecular flexibility index (Phi) is 5.82. The van der Waals surface area contributed by atoms with Crippen LogP contribution in [-0.4, -0.2) is 78.2 Å². The van der Waals surface area contributed by atoms with Gasteiger partial charge in [-0.3, -0.25) is 4.79 Å². The maximum absolute atomic E-state index is 12.9. The number of likely N-dealkylation sites (N-methyl/N-ethyl adjacent to an activating group) is 1. The van der Waals surface area contributed by atoms with Gasteiger partial charge in [-0.2, -0.15) is 4.98 Å². The van der Waals surface area contributed by atoms with E-state index in [-0.39, 0.29) is 11.9 Å². The molecule has 5 rings (SSSR count). The molecule has 4 heterocycles. The number of aromatic nitrogens is 3. The molecule has 9 heteroatoms. The first-order valence-corrected chi connectivity index (χ1v) is 11.5. The Labute approximate surface area is 188 Å². The fraction of sp³-hybridized carbons (Fsp3) is 0.565. The minimum atomic E-state index is -0.196. The summed E-state index contributed by atoms with van der Waals surface area (Å²) < 4.78 is 5.42. The van der Waals surface area contributed by atoms with Crippen molar-refractivity contribution in [1.82, 2.24) is 19.9 Å². The quantitative estimate of drug-likeness (QED) is 0.762. The maximum Gasteiger partial charge on any atom is 0.245 e. The molecule has 9 nitrogen and oxygen atoms in total. The zero-order valence-electron chi connectivity index (χ0n) is 18.8. The molecule has 2 fully saturated rings. The summed E-state index contributed by atoms with van der Waals surface area (Å²) in [5.74, 6) is 2.23. The highest BCUT2D eigenvalue weighted by Crippen LogP contribution is 2.38. The van der Waals surface area contributed by atoms with Crippen LogP contribution < -0.4 is 15.1 Å². The third-order valence-corrected chi connectivity index (χ3v) is 6.64. The number of fused-ring (bicyclic) bond motifs is 1. The fourth-order valence-corrected chi connectivity index (χ4v) is 4.98. The van der Waals surface area contributed by atoms with E-state index in [1.165, 1.54) is 12.8 Å². The summed E-state index contributed by atoms with van der Waals surface area (Å²) in [6.07, 6.45) is 9.01. The summed E-state index contributed by atoms with van der Waals surface area (Å²) in [6, 6.07) is 4.18. The van der Waals surface area contributed by atoms with Crippen LogP contribution in [0.3, 0.4) is 0 Å². The van der Waals surface area contributed by atoms with E-state index in [0.717, 1.165) is 56.2 Å². The third kappa shape index (κ3) is 4.09. The molecule has 1 unspecified atom stereocenters. The SMILES string of the molecule is CN(C)C(=O)C1Cc2cnc(Nc3ccc(N4CCOCC4)cn3)nc2N1C1CCCC1. The predicted molar refractivity (Wildman–Crippen MR) is 124 cm³/mol. The molecule has 0 spiro atoms. The highest BCUT2D eigenvalue weighted by atomic mass is 16.5. The monoisotopic (exact) mass is 437 g/mol. The second-order valence-corrected chi connectivity index (χ2v) is 8.97. The van der Waals surface area contributed by atoms with Crippen LogP contribution in [0.2, 0.25) is 0 Å². The molecule has 0 radical (unpaired) electrons. The lowest BCUT2D eigenvalue weighted by Crippen LogP contribution is -2.49. The second kappa shape index (κ2) is 8.90. The average Bonchev–Trinajstić information content (AvgIpc) is 3.47. The molecule has 1 aliphatic carbocycles. The van der Waals surface area contributed by atoms with Crippen molar-refractivity contribution in [3.05, 3.63) is 30.1 Å². The zero-order valence-corrected chi connectivity index (χ0v) is 18.8. The molecule has 1 saturated heterocycles. The molecule has 32 heavy (non-hydrogen) atoms. The van der Waals surface area contributed by atoms with Crippen LogP contribution in [0.5, 0.6) is 0 Å². The van der Waals surface area contributed by atoms with Crippen LogP contribution in [-0.2, 0) is 16.0 Å². The minimum absolute atomic E-state index is 0.129. The average molecular weight is 438 g/mol. The van der Waals surface area contributed by atoms with E-state index in [4.69, 9.17) is 9.72 Å². The molecule has 1 saturated carbocycles. The van der Waals surface area contributed by atoms with Gasteiger partial charge in [-0.15, -0.1) is 0 Å². The van der Waals surface area contributed by atoms with Crippen LogP contribution in [0.1, 0.15) is 31.2 Å². The molecule has 0 bridgehead atoms. The summed E-state index contributed by atoms with van der Waals surface area (Å²) in [6.45, 7) is 3.26. The summed E-state index contributed by atoms with van der Waals surface area (Å²) in [5, 5.41) is 3.24. The van der Waals surface area contributed by atoms with E-state index in [0.29, 0.717) is 24.2 Å². The normalized spacial score (nSPS) is 21.0. The van der Waals surface area contributed by atoms with Gasteiger partial charge in [0.25, 0.3) is 0 Å². The number of nitrogens with zero attached hydrogens (tertiary/aromatic N) is 6. The van der Waals surface area contributed by atoms with Gasteiger partial charge in [-0.05, 0) is 25.0 Å². The van der Waals surface area contributed by atoms with Crippen molar-refractivity contribution < 1.29 is 9.53 Å². The molecule has 0 aromatic carbocycles. The number of anilines is 4. The third-order valence-electron chi connectivity index (χ3n) is 6.64. The number of carbonyl (C=O) groups is 1. The molecule has 2 aromatic heterocycles. The number of hydrogen-bond acceptors (Lipinski definition) is 8. The molecule has 2 aliphatic heterocycles. The van der Waals surface area contributed by atoms with Gasteiger partial charge in [-0.1, -0.05) is 12.8 Å². The van der Waals surface area contributed by atoms with Crippen LogP contribution in [0.4, 0.5) is 23.3 Å². The molecule has 170 valence electrons. The highest BCUT2D eigenvalue weighted by molar-refractivity contribution is 5.87. The zero-order chi connectivity index (χ0) is 22.1. The van der Waals surface area contributed by atoms with Gasteiger partial charge in [0.1, 0.15) is 17.7 Å². The lowest BCUT2D eigenvalue weighted by atomic mass is 10.1. The van der Waals surface area contributed by atoms with Gasteiger partial charge in [0, 0.05) is 51.4 Å². The number of amides is 1. The first-order valence-electron chi connectivity index (χ1n) is 11.5. The Morgan fingerprint density at radius 3 is 2.59 bits per heavy atom. The van der Waals surface area contributed by atoms with Crippen LogP contribution >= 0.6 is 0 Å². The molecule has 3 aliphatic rings. The number of nitrogens with one attached hydrogen (secondary N) is 1. The first-order chi connectivity index (χ1) is 15.6. The summed E-state index contributed by atoms with van der Waals surface area (Å²) in [4.78, 5) is 33.1.